The van der Waals surface area contributed by atoms with E-state index in [0.29, 0.717) is 12.6 Å². The highest BCUT2D eigenvalue weighted by atomic mass is 19.1. The molecule has 0 aliphatic carbocycles. The van der Waals surface area contributed by atoms with Crippen LogP contribution in [0.3, 0.4) is 0 Å². The van der Waals surface area contributed by atoms with E-state index in [9.17, 15) is 9.18 Å². The lowest BCUT2D eigenvalue weighted by Gasteiger charge is -2.10. The van der Waals surface area contributed by atoms with E-state index in [1.165, 1.54) is 12.1 Å². The molecule has 0 bridgehead atoms. The summed E-state index contributed by atoms with van der Waals surface area (Å²) in [5, 5.41) is 3.19. The van der Waals surface area contributed by atoms with Gasteiger partial charge in [0, 0.05) is 12.6 Å². The second kappa shape index (κ2) is 7.74. The van der Waals surface area contributed by atoms with Crippen LogP contribution in [0.15, 0.2) is 18.2 Å². The molecule has 0 radical (unpaired) electrons. The molecule has 0 saturated heterocycles. The smallest absolute Gasteiger partial charge is 0.344 e. The number of hydrogen-bond acceptors (Lipinski definition) is 4. The molecule has 1 aromatic carbocycles. The van der Waals surface area contributed by atoms with E-state index in [0.717, 1.165) is 5.56 Å². The predicted octanol–water partition coefficient (Wildman–Crippen LogP) is 2.27. The summed E-state index contributed by atoms with van der Waals surface area (Å²) < 4.78 is 23.5. The molecule has 0 atom stereocenters. The average molecular weight is 269 g/mol. The number of rotatable bonds is 7. The molecule has 106 valence electrons. The lowest BCUT2D eigenvalue weighted by Crippen LogP contribution is -2.21. The molecule has 1 N–H and O–H groups in total. The molecule has 0 aromatic heterocycles. The van der Waals surface area contributed by atoms with Crippen LogP contribution >= 0.6 is 0 Å². The topological polar surface area (TPSA) is 47.6 Å². The molecule has 0 fully saturated rings. The standard InChI is InChI=1S/C14H20FNO3/c1-4-18-14(17)9-19-13-6-5-11(7-12(13)15)8-16-10(2)3/h5-7,10,16H,4,8-9H2,1-3H3. The Kier molecular flexibility index (Phi) is 6.29. The quantitative estimate of drug-likeness (QED) is 0.771. The Hall–Kier alpha value is -1.62. The van der Waals surface area contributed by atoms with Gasteiger partial charge in [-0.3, -0.25) is 0 Å². The predicted molar refractivity (Wildman–Crippen MR) is 70.5 cm³/mol. The Morgan fingerprint density at radius 3 is 2.74 bits per heavy atom. The van der Waals surface area contributed by atoms with Gasteiger partial charge in [0.15, 0.2) is 18.2 Å². The van der Waals surface area contributed by atoms with Crippen molar-refractivity contribution in [3.63, 3.8) is 0 Å². The van der Waals surface area contributed by atoms with E-state index in [1.807, 2.05) is 13.8 Å². The minimum atomic E-state index is -0.507. The maximum atomic E-state index is 13.7. The number of carbonyl (C=O) groups excluding carboxylic acids is 1. The summed E-state index contributed by atoms with van der Waals surface area (Å²) >= 11 is 0. The second-order valence-corrected chi connectivity index (χ2v) is 4.39. The zero-order valence-electron chi connectivity index (χ0n) is 11.5. The second-order valence-electron chi connectivity index (χ2n) is 4.39. The highest BCUT2D eigenvalue weighted by molar-refractivity contribution is 5.71. The van der Waals surface area contributed by atoms with E-state index in [2.05, 4.69) is 5.32 Å². The summed E-state index contributed by atoms with van der Waals surface area (Å²) in [6.07, 6.45) is 0. The van der Waals surface area contributed by atoms with Gasteiger partial charge in [-0.2, -0.15) is 0 Å². The third-order valence-electron chi connectivity index (χ3n) is 2.36. The van der Waals surface area contributed by atoms with Crippen molar-refractivity contribution in [1.29, 1.82) is 0 Å². The third-order valence-corrected chi connectivity index (χ3v) is 2.36. The largest absolute Gasteiger partial charge is 0.479 e. The monoisotopic (exact) mass is 269 g/mol. The molecule has 0 heterocycles. The summed E-state index contributed by atoms with van der Waals surface area (Å²) in [7, 11) is 0. The Balaban J connectivity index is 2.54. The summed E-state index contributed by atoms with van der Waals surface area (Å²) in [4.78, 5) is 11.1. The van der Waals surface area contributed by atoms with Gasteiger partial charge in [-0.05, 0) is 24.6 Å². The maximum absolute atomic E-state index is 13.7. The van der Waals surface area contributed by atoms with Gasteiger partial charge >= 0.3 is 5.97 Å². The van der Waals surface area contributed by atoms with Gasteiger partial charge in [-0.25, -0.2) is 9.18 Å². The molecular weight excluding hydrogens is 249 g/mol. The molecule has 0 spiro atoms. The van der Waals surface area contributed by atoms with Crippen molar-refractivity contribution >= 4 is 5.97 Å². The van der Waals surface area contributed by atoms with Crippen molar-refractivity contribution < 1.29 is 18.7 Å². The fraction of sp³-hybridized carbons (Fsp3) is 0.500. The number of hydrogen-bond donors (Lipinski definition) is 1. The average Bonchev–Trinajstić information content (AvgIpc) is 2.35. The van der Waals surface area contributed by atoms with Gasteiger partial charge in [0.1, 0.15) is 0 Å². The van der Waals surface area contributed by atoms with Crippen molar-refractivity contribution in [3.05, 3.63) is 29.6 Å². The Labute approximate surface area is 112 Å². The van der Waals surface area contributed by atoms with Crippen LogP contribution in [0.1, 0.15) is 26.3 Å². The van der Waals surface area contributed by atoms with Crippen LogP contribution in [0.4, 0.5) is 4.39 Å². The maximum Gasteiger partial charge on any atom is 0.344 e. The van der Waals surface area contributed by atoms with Gasteiger partial charge in [-0.15, -0.1) is 0 Å². The SMILES string of the molecule is CCOC(=O)COc1ccc(CNC(C)C)cc1F. The molecule has 5 heteroatoms. The molecule has 0 unspecified atom stereocenters. The van der Waals surface area contributed by atoms with Gasteiger partial charge in [0.05, 0.1) is 6.61 Å². The van der Waals surface area contributed by atoms with E-state index < -0.39 is 11.8 Å². The Bertz CT molecular complexity index is 421. The molecule has 4 nitrogen and oxygen atoms in total. The van der Waals surface area contributed by atoms with Crippen LogP contribution < -0.4 is 10.1 Å². The Morgan fingerprint density at radius 2 is 2.16 bits per heavy atom. The first-order chi connectivity index (χ1) is 9.02. The van der Waals surface area contributed by atoms with Gasteiger partial charge < -0.3 is 14.8 Å². The minimum absolute atomic E-state index is 0.0568. The van der Waals surface area contributed by atoms with Crippen LogP contribution in [0.25, 0.3) is 0 Å². The Morgan fingerprint density at radius 1 is 1.42 bits per heavy atom. The van der Waals surface area contributed by atoms with Crippen molar-refractivity contribution in [2.75, 3.05) is 13.2 Å². The first kappa shape index (κ1) is 15.4. The van der Waals surface area contributed by atoms with E-state index in [4.69, 9.17) is 9.47 Å². The summed E-state index contributed by atoms with van der Waals surface area (Å²) in [6, 6.07) is 5.02. The zero-order chi connectivity index (χ0) is 14.3. The van der Waals surface area contributed by atoms with Gasteiger partial charge in [0.2, 0.25) is 0 Å². The van der Waals surface area contributed by atoms with Crippen LogP contribution in [-0.2, 0) is 16.1 Å². The summed E-state index contributed by atoms with van der Waals surface area (Å²) in [6.45, 7) is 6.33. The van der Waals surface area contributed by atoms with E-state index in [1.54, 1.807) is 13.0 Å². The van der Waals surface area contributed by atoms with Crippen LogP contribution in [-0.4, -0.2) is 25.2 Å². The molecule has 0 amide bonds. The molecule has 0 saturated carbocycles. The number of nitrogens with one attached hydrogen (secondary N) is 1. The summed E-state index contributed by atoms with van der Waals surface area (Å²) in [5.74, 6) is -0.929. The highest BCUT2D eigenvalue weighted by Gasteiger charge is 2.08. The first-order valence-corrected chi connectivity index (χ1v) is 6.33. The molecule has 1 rings (SSSR count). The van der Waals surface area contributed by atoms with Crippen LogP contribution in [0.2, 0.25) is 0 Å². The molecule has 19 heavy (non-hydrogen) atoms. The highest BCUT2D eigenvalue weighted by Crippen LogP contribution is 2.18. The van der Waals surface area contributed by atoms with Crippen molar-refractivity contribution in [2.24, 2.45) is 0 Å². The summed E-state index contributed by atoms with van der Waals surface area (Å²) in [5.41, 5.74) is 0.828. The fourth-order valence-electron chi connectivity index (χ4n) is 1.43. The van der Waals surface area contributed by atoms with Crippen LogP contribution in [0.5, 0.6) is 5.75 Å². The zero-order valence-corrected chi connectivity index (χ0v) is 11.5. The van der Waals surface area contributed by atoms with Crippen LogP contribution in [0, 0.1) is 5.82 Å². The van der Waals surface area contributed by atoms with Crippen molar-refractivity contribution in [3.8, 4) is 5.75 Å². The van der Waals surface area contributed by atoms with Gasteiger partial charge in [0.25, 0.3) is 0 Å². The lowest BCUT2D eigenvalue weighted by molar-refractivity contribution is -0.145. The number of ether oxygens (including phenoxy) is 2. The normalized spacial score (nSPS) is 10.6. The first-order valence-electron chi connectivity index (χ1n) is 6.33. The number of esters is 1. The third kappa shape index (κ3) is 5.70. The molecule has 0 aliphatic rings. The number of halogens is 1. The number of carbonyl (C=O) groups is 1. The van der Waals surface area contributed by atoms with Crippen molar-refractivity contribution in [1.82, 2.24) is 5.32 Å². The lowest BCUT2D eigenvalue weighted by atomic mass is 10.2. The molecule has 1 aromatic rings. The van der Waals surface area contributed by atoms with E-state index >= 15 is 0 Å². The van der Waals surface area contributed by atoms with Gasteiger partial charge in [-0.1, -0.05) is 19.9 Å². The van der Waals surface area contributed by atoms with E-state index in [-0.39, 0.29) is 19.0 Å². The minimum Gasteiger partial charge on any atom is -0.479 e. The fourth-order valence-corrected chi connectivity index (χ4v) is 1.43. The van der Waals surface area contributed by atoms with Crippen molar-refractivity contribution in [2.45, 2.75) is 33.4 Å². The molecular formula is C14H20FNO3. The number of benzene rings is 1. The molecule has 0 aliphatic heterocycles.